The van der Waals surface area contributed by atoms with E-state index in [-0.39, 0.29) is 0 Å². The van der Waals surface area contributed by atoms with Gasteiger partial charge in [0.05, 0.1) is 0 Å². The number of nitrogens with zero attached hydrogens (tertiary/aromatic N) is 1. The summed E-state index contributed by atoms with van der Waals surface area (Å²) in [5.41, 5.74) is 0.633. The summed E-state index contributed by atoms with van der Waals surface area (Å²) in [6.07, 6.45) is 5.80. The summed E-state index contributed by atoms with van der Waals surface area (Å²) in [4.78, 5) is 2.78. The Morgan fingerprint density at radius 3 is 2.92 bits per heavy atom. The summed E-state index contributed by atoms with van der Waals surface area (Å²) in [6, 6.07) is 0. The van der Waals surface area contributed by atoms with Crippen LogP contribution >= 0.6 is 0 Å². The molecule has 0 aromatic rings. The van der Waals surface area contributed by atoms with Crippen LogP contribution in [0.2, 0.25) is 0 Å². The molecule has 0 aliphatic carbocycles. The van der Waals surface area contributed by atoms with Crippen molar-refractivity contribution in [1.29, 1.82) is 0 Å². The second-order valence-corrected chi connectivity index (χ2v) is 5.68. The summed E-state index contributed by atoms with van der Waals surface area (Å²) in [6.45, 7) is 9.90. The molecule has 1 heteroatoms. The van der Waals surface area contributed by atoms with E-state index in [2.05, 4.69) is 25.7 Å². The average molecular weight is 181 g/mol. The zero-order valence-corrected chi connectivity index (χ0v) is 9.34. The highest BCUT2D eigenvalue weighted by molar-refractivity contribution is 5.02. The van der Waals surface area contributed by atoms with E-state index in [1.165, 1.54) is 38.8 Å². The van der Waals surface area contributed by atoms with Crippen molar-refractivity contribution in [2.75, 3.05) is 13.1 Å². The van der Waals surface area contributed by atoms with E-state index in [1.807, 2.05) is 0 Å². The lowest BCUT2D eigenvalue weighted by atomic mass is 9.83. The van der Waals surface area contributed by atoms with E-state index in [4.69, 9.17) is 0 Å². The van der Waals surface area contributed by atoms with Crippen molar-refractivity contribution in [3.63, 3.8) is 0 Å². The first-order valence-electron chi connectivity index (χ1n) is 5.87. The van der Waals surface area contributed by atoms with Gasteiger partial charge in [0.2, 0.25) is 0 Å². The van der Waals surface area contributed by atoms with Crippen molar-refractivity contribution in [3.05, 3.63) is 0 Å². The molecule has 0 aromatic carbocycles. The van der Waals surface area contributed by atoms with Crippen LogP contribution in [0, 0.1) is 11.8 Å². The van der Waals surface area contributed by atoms with Crippen LogP contribution in [-0.4, -0.2) is 23.5 Å². The third kappa shape index (κ3) is 1.63. The van der Waals surface area contributed by atoms with Crippen LogP contribution in [-0.2, 0) is 0 Å². The molecule has 2 aliphatic rings. The van der Waals surface area contributed by atoms with E-state index in [0.29, 0.717) is 5.54 Å². The molecule has 2 rings (SSSR count). The minimum absolute atomic E-state index is 0.633. The molecule has 0 unspecified atom stereocenters. The largest absolute Gasteiger partial charge is 0.297 e. The Bertz CT molecular complexity index is 188. The Morgan fingerprint density at radius 1 is 1.46 bits per heavy atom. The van der Waals surface area contributed by atoms with Gasteiger partial charge in [0.25, 0.3) is 0 Å². The SMILES string of the molecule is CC(C)C[C@]12CCCN1C[C@H](C)C2. The van der Waals surface area contributed by atoms with Crippen LogP contribution in [0.1, 0.15) is 46.5 Å². The minimum atomic E-state index is 0.633. The Balaban J connectivity index is 2.09. The molecule has 1 nitrogen and oxygen atoms in total. The molecule has 76 valence electrons. The van der Waals surface area contributed by atoms with Gasteiger partial charge >= 0.3 is 0 Å². The van der Waals surface area contributed by atoms with Gasteiger partial charge in [-0.05, 0) is 44.1 Å². The predicted molar refractivity (Wildman–Crippen MR) is 56.8 cm³/mol. The molecule has 0 N–H and O–H groups in total. The monoisotopic (exact) mass is 181 g/mol. The molecule has 2 fully saturated rings. The molecule has 0 saturated carbocycles. The Labute approximate surface area is 82.5 Å². The normalized spacial score (nSPS) is 40.2. The van der Waals surface area contributed by atoms with Gasteiger partial charge in [-0.15, -0.1) is 0 Å². The van der Waals surface area contributed by atoms with Crippen LogP contribution in [0.15, 0.2) is 0 Å². The lowest BCUT2D eigenvalue weighted by Gasteiger charge is -2.33. The zero-order chi connectivity index (χ0) is 9.47. The summed E-state index contributed by atoms with van der Waals surface area (Å²) in [5.74, 6) is 1.81. The van der Waals surface area contributed by atoms with Crippen LogP contribution in [0.5, 0.6) is 0 Å². The fraction of sp³-hybridized carbons (Fsp3) is 1.00. The van der Waals surface area contributed by atoms with Crippen molar-refractivity contribution >= 4 is 0 Å². The molecular weight excluding hydrogens is 158 g/mol. The van der Waals surface area contributed by atoms with Crippen molar-refractivity contribution in [3.8, 4) is 0 Å². The quantitative estimate of drug-likeness (QED) is 0.633. The third-order valence-electron chi connectivity index (χ3n) is 3.79. The lowest BCUT2D eigenvalue weighted by Crippen LogP contribution is -2.39. The van der Waals surface area contributed by atoms with Gasteiger partial charge in [-0.2, -0.15) is 0 Å². The van der Waals surface area contributed by atoms with Crippen molar-refractivity contribution in [1.82, 2.24) is 4.90 Å². The van der Waals surface area contributed by atoms with E-state index in [0.717, 1.165) is 11.8 Å². The third-order valence-corrected chi connectivity index (χ3v) is 3.79. The highest BCUT2D eigenvalue weighted by Crippen LogP contribution is 2.45. The van der Waals surface area contributed by atoms with Crippen LogP contribution < -0.4 is 0 Å². The standard InChI is InChI=1S/C12H23N/c1-10(2)7-12-5-4-6-13(12)9-11(3)8-12/h10-11H,4-9H2,1-3H3/t11-,12+/m1/s1. The highest BCUT2D eigenvalue weighted by atomic mass is 15.2. The van der Waals surface area contributed by atoms with Gasteiger partial charge in [-0.3, -0.25) is 4.90 Å². The maximum atomic E-state index is 2.78. The van der Waals surface area contributed by atoms with Crippen molar-refractivity contribution < 1.29 is 0 Å². The number of fused-ring (bicyclic) bond motifs is 1. The maximum absolute atomic E-state index is 2.78. The summed E-state index contributed by atoms with van der Waals surface area (Å²) in [5, 5.41) is 0. The van der Waals surface area contributed by atoms with Crippen LogP contribution in [0.3, 0.4) is 0 Å². The van der Waals surface area contributed by atoms with Gasteiger partial charge < -0.3 is 0 Å². The highest BCUT2D eigenvalue weighted by Gasteiger charge is 2.46. The molecular formula is C12H23N. The number of rotatable bonds is 2. The minimum Gasteiger partial charge on any atom is -0.297 e. The lowest BCUT2D eigenvalue weighted by molar-refractivity contribution is 0.163. The molecule has 2 aliphatic heterocycles. The first-order chi connectivity index (χ1) is 6.12. The number of hydrogen-bond acceptors (Lipinski definition) is 1. The average Bonchev–Trinajstić information content (AvgIpc) is 2.40. The smallest absolute Gasteiger partial charge is 0.0215 e. The number of hydrogen-bond donors (Lipinski definition) is 0. The summed E-state index contributed by atoms with van der Waals surface area (Å²) < 4.78 is 0. The molecule has 2 saturated heterocycles. The van der Waals surface area contributed by atoms with Gasteiger partial charge in [-0.25, -0.2) is 0 Å². The molecule has 0 spiro atoms. The fourth-order valence-corrected chi connectivity index (χ4v) is 3.67. The molecule has 0 aromatic heterocycles. The van der Waals surface area contributed by atoms with Crippen molar-refractivity contribution in [2.24, 2.45) is 11.8 Å². The maximum Gasteiger partial charge on any atom is 0.0215 e. The van der Waals surface area contributed by atoms with E-state index in [9.17, 15) is 0 Å². The first kappa shape index (κ1) is 9.51. The summed E-state index contributed by atoms with van der Waals surface area (Å²) in [7, 11) is 0. The fourth-order valence-electron chi connectivity index (χ4n) is 3.67. The van der Waals surface area contributed by atoms with Crippen LogP contribution in [0.4, 0.5) is 0 Å². The zero-order valence-electron chi connectivity index (χ0n) is 9.34. The summed E-state index contributed by atoms with van der Waals surface area (Å²) >= 11 is 0. The first-order valence-corrected chi connectivity index (χ1v) is 5.87. The topological polar surface area (TPSA) is 3.24 Å². The van der Waals surface area contributed by atoms with E-state index in [1.54, 1.807) is 0 Å². The Morgan fingerprint density at radius 2 is 2.23 bits per heavy atom. The Hall–Kier alpha value is -0.0400. The molecule has 2 atom stereocenters. The molecule has 0 amide bonds. The van der Waals surface area contributed by atoms with Gasteiger partial charge in [0.1, 0.15) is 0 Å². The van der Waals surface area contributed by atoms with Crippen LogP contribution in [0.25, 0.3) is 0 Å². The van der Waals surface area contributed by atoms with Crippen molar-refractivity contribution in [2.45, 2.75) is 52.0 Å². The Kier molecular flexibility index (Phi) is 2.39. The molecule has 0 radical (unpaired) electrons. The van der Waals surface area contributed by atoms with Gasteiger partial charge in [-0.1, -0.05) is 20.8 Å². The predicted octanol–water partition coefficient (Wildman–Crippen LogP) is 2.91. The van der Waals surface area contributed by atoms with E-state index < -0.39 is 0 Å². The molecule has 0 bridgehead atoms. The second kappa shape index (κ2) is 3.27. The second-order valence-electron chi connectivity index (χ2n) is 5.68. The molecule has 13 heavy (non-hydrogen) atoms. The van der Waals surface area contributed by atoms with Gasteiger partial charge in [0.15, 0.2) is 0 Å². The molecule has 2 heterocycles. The van der Waals surface area contributed by atoms with E-state index >= 15 is 0 Å². The van der Waals surface area contributed by atoms with Gasteiger partial charge in [0, 0.05) is 12.1 Å².